The topological polar surface area (TPSA) is 73.9 Å². The summed E-state index contributed by atoms with van der Waals surface area (Å²) in [7, 11) is 1.70. The molecular weight excluding hydrogens is 204 g/mol. The molecule has 1 aliphatic heterocycles. The van der Waals surface area contributed by atoms with E-state index in [0.717, 1.165) is 11.3 Å². The van der Waals surface area contributed by atoms with Gasteiger partial charge in [-0.25, -0.2) is 4.99 Å². The van der Waals surface area contributed by atoms with Gasteiger partial charge in [-0.2, -0.15) is 10.2 Å². The third-order valence-corrected chi connectivity index (χ3v) is 2.21. The Morgan fingerprint density at radius 2 is 2.25 bits per heavy atom. The quantitative estimate of drug-likeness (QED) is 0.521. The number of azo groups is 1. The van der Waals surface area contributed by atoms with Crippen LogP contribution in [0.3, 0.4) is 0 Å². The van der Waals surface area contributed by atoms with Gasteiger partial charge in [-0.3, -0.25) is 5.73 Å². The van der Waals surface area contributed by atoms with Crippen molar-refractivity contribution in [3.05, 3.63) is 41.8 Å². The van der Waals surface area contributed by atoms with Crippen LogP contribution < -0.4 is 10.7 Å². The first kappa shape index (κ1) is 10.4. The molecule has 0 radical (unpaired) electrons. The molecule has 0 saturated heterocycles. The Hall–Kier alpha value is -2.17. The van der Waals surface area contributed by atoms with Crippen LogP contribution in [0.15, 0.2) is 46.5 Å². The average molecular weight is 217 g/mol. The van der Waals surface area contributed by atoms with Crippen LogP contribution in [0.2, 0.25) is 0 Å². The number of nitrogens with two attached hydrogens (primary N) is 1. The molecule has 0 spiro atoms. The number of nitrogens with zero attached hydrogens (tertiary/aromatic N) is 2. The fourth-order valence-electron chi connectivity index (χ4n) is 1.40. The van der Waals surface area contributed by atoms with Gasteiger partial charge in [0.05, 0.1) is 18.9 Å². The number of amidine groups is 1. The highest BCUT2D eigenvalue weighted by Gasteiger charge is 2.11. The third-order valence-electron chi connectivity index (χ3n) is 2.21. The van der Waals surface area contributed by atoms with E-state index >= 15 is 0 Å². The summed E-state index contributed by atoms with van der Waals surface area (Å²) >= 11 is 0. The Balaban J connectivity index is 2.23. The first-order valence-corrected chi connectivity index (χ1v) is 4.95. The van der Waals surface area contributed by atoms with E-state index in [0.29, 0.717) is 12.2 Å². The van der Waals surface area contributed by atoms with E-state index < -0.39 is 0 Å². The number of nitrogens with one attached hydrogen (secondary N) is 1. The Morgan fingerprint density at radius 3 is 3.06 bits per heavy atom. The van der Waals surface area contributed by atoms with E-state index in [1.165, 1.54) is 0 Å². The van der Waals surface area contributed by atoms with Gasteiger partial charge in [0.2, 0.25) is 0 Å². The van der Waals surface area contributed by atoms with Gasteiger partial charge in [-0.15, -0.1) is 0 Å². The molecule has 3 N–H and O–H groups in total. The lowest BCUT2D eigenvalue weighted by Gasteiger charge is -2.04. The van der Waals surface area contributed by atoms with Crippen molar-refractivity contribution in [3.63, 3.8) is 0 Å². The fourth-order valence-corrected chi connectivity index (χ4v) is 1.40. The van der Waals surface area contributed by atoms with Crippen molar-refractivity contribution in [1.82, 2.24) is 0 Å². The molecule has 0 atom stereocenters. The van der Waals surface area contributed by atoms with Crippen molar-refractivity contribution in [2.75, 3.05) is 7.05 Å². The Kier molecular flexibility index (Phi) is 2.95. The van der Waals surface area contributed by atoms with Crippen LogP contribution in [0.1, 0.15) is 5.56 Å². The zero-order chi connectivity index (χ0) is 11.4. The minimum atomic E-state index is 0.251. The second-order valence-electron chi connectivity index (χ2n) is 3.33. The smallest absolute Gasteiger partial charge is 0.395 e. The third kappa shape index (κ3) is 2.25. The average Bonchev–Trinajstić information content (AvgIpc) is 2.50. The maximum atomic E-state index is 5.55. The van der Waals surface area contributed by atoms with Crippen LogP contribution in [-0.2, 0) is 11.2 Å². The lowest BCUT2D eigenvalue weighted by atomic mass is 10.1. The molecule has 0 unspecified atom stereocenters. The number of allylic oxidation sites excluding steroid dienone is 1. The van der Waals surface area contributed by atoms with E-state index in [4.69, 9.17) is 10.5 Å². The Morgan fingerprint density at radius 1 is 1.44 bits per heavy atom. The van der Waals surface area contributed by atoms with Crippen LogP contribution in [0.25, 0.3) is 0 Å². The number of ether oxygens (including phenoxy) is 1. The van der Waals surface area contributed by atoms with E-state index in [1.54, 1.807) is 13.2 Å². The van der Waals surface area contributed by atoms with Gasteiger partial charge in [-0.05, 0) is 11.6 Å². The number of hydrogen-bond acceptors (Lipinski definition) is 3. The number of benzene rings is 1. The molecule has 1 heterocycles. The molecule has 0 aromatic heterocycles. The first-order chi connectivity index (χ1) is 7.79. The van der Waals surface area contributed by atoms with Gasteiger partial charge in [0.25, 0.3) is 0 Å². The maximum Gasteiger partial charge on any atom is 0.444 e. The minimum absolute atomic E-state index is 0.251. The molecule has 1 aromatic rings. The highest BCUT2D eigenvalue weighted by atomic mass is 16.5. The zero-order valence-corrected chi connectivity index (χ0v) is 8.97. The molecule has 1 aromatic carbocycles. The zero-order valence-electron chi connectivity index (χ0n) is 8.97. The molecule has 5 heteroatoms. The summed E-state index contributed by atoms with van der Waals surface area (Å²) in [5, 5.41) is 7.99. The highest BCUT2D eigenvalue weighted by molar-refractivity contribution is 5.66. The molecule has 16 heavy (non-hydrogen) atoms. The second kappa shape index (κ2) is 4.57. The van der Waals surface area contributed by atoms with Crippen molar-refractivity contribution < 1.29 is 9.73 Å². The summed E-state index contributed by atoms with van der Waals surface area (Å²) in [6.07, 6.45) is 2.20. The lowest BCUT2D eigenvalue weighted by molar-refractivity contribution is -0.431. The highest BCUT2D eigenvalue weighted by Crippen LogP contribution is 2.25. The molecule has 0 fully saturated rings. The fraction of sp³-hybridized carbons (Fsp3) is 0.182. The number of hydrogen-bond donors (Lipinski definition) is 2. The summed E-state index contributed by atoms with van der Waals surface area (Å²) < 4.78 is 5.37. The van der Waals surface area contributed by atoms with Crippen molar-refractivity contribution in [2.24, 2.45) is 16.0 Å². The molecule has 82 valence electrons. The maximum absolute atomic E-state index is 5.55. The van der Waals surface area contributed by atoms with Gasteiger partial charge < -0.3 is 4.74 Å². The number of rotatable bonds is 1. The number of fused-ring (bicyclic) bond motifs is 1. The van der Waals surface area contributed by atoms with Gasteiger partial charge in [0.15, 0.2) is 0 Å². The standard InChI is InChI=1S/C11H12N4O/c1-13-11(12)16-9-6-8-4-2-3-5-10(8)15-14-7-9/h2-5,7H,6H2,1H3,(H2,12,13)/p+1. The minimum Gasteiger partial charge on any atom is -0.395 e. The van der Waals surface area contributed by atoms with Crippen molar-refractivity contribution >= 4 is 11.7 Å². The predicted octanol–water partition coefficient (Wildman–Crippen LogP) is 0.210. The molecular formula is C11H13N4O+. The van der Waals surface area contributed by atoms with Crippen molar-refractivity contribution in [3.8, 4) is 0 Å². The van der Waals surface area contributed by atoms with Crippen molar-refractivity contribution in [1.29, 1.82) is 0 Å². The molecule has 0 amide bonds. The lowest BCUT2D eigenvalue weighted by Crippen LogP contribution is -2.71. The summed E-state index contributed by atoms with van der Waals surface area (Å²) in [6, 6.07) is 8.05. The SMILES string of the molecule is C[NH+]=C(N)OC1=CN=Nc2ccccc2C1. The van der Waals surface area contributed by atoms with E-state index in [1.807, 2.05) is 24.3 Å². The van der Waals surface area contributed by atoms with Crippen LogP contribution in [-0.4, -0.2) is 13.1 Å². The molecule has 2 rings (SSSR count). The van der Waals surface area contributed by atoms with E-state index in [2.05, 4.69) is 15.2 Å². The molecule has 0 bridgehead atoms. The predicted molar refractivity (Wildman–Crippen MR) is 59.9 cm³/mol. The van der Waals surface area contributed by atoms with Crippen LogP contribution in [0.4, 0.5) is 5.69 Å². The summed E-state index contributed by atoms with van der Waals surface area (Å²) in [5.41, 5.74) is 7.47. The summed E-state index contributed by atoms with van der Waals surface area (Å²) in [4.78, 5) is 2.72. The molecule has 0 aliphatic carbocycles. The first-order valence-electron chi connectivity index (χ1n) is 4.95. The Labute approximate surface area is 93.4 Å². The Bertz CT molecular complexity index is 477. The normalized spacial score (nSPS) is 15.1. The van der Waals surface area contributed by atoms with Crippen LogP contribution in [0, 0.1) is 0 Å². The van der Waals surface area contributed by atoms with Gasteiger partial charge >= 0.3 is 6.02 Å². The molecule has 1 aliphatic rings. The second-order valence-corrected chi connectivity index (χ2v) is 3.33. The monoisotopic (exact) mass is 217 g/mol. The van der Waals surface area contributed by atoms with Gasteiger partial charge in [-0.1, -0.05) is 18.2 Å². The van der Waals surface area contributed by atoms with E-state index in [-0.39, 0.29) is 6.02 Å². The van der Waals surface area contributed by atoms with Crippen molar-refractivity contribution in [2.45, 2.75) is 6.42 Å². The van der Waals surface area contributed by atoms with E-state index in [9.17, 15) is 0 Å². The van der Waals surface area contributed by atoms with Gasteiger partial charge in [0.1, 0.15) is 5.76 Å². The van der Waals surface area contributed by atoms with Gasteiger partial charge in [0, 0.05) is 6.42 Å². The molecule has 5 nitrogen and oxygen atoms in total. The van der Waals surface area contributed by atoms with Crippen LogP contribution >= 0.6 is 0 Å². The molecule has 0 saturated carbocycles. The van der Waals surface area contributed by atoms with Crippen LogP contribution in [0.5, 0.6) is 0 Å². The largest absolute Gasteiger partial charge is 0.444 e. The summed E-state index contributed by atoms with van der Waals surface area (Å²) in [6.45, 7) is 0. The summed E-state index contributed by atoms with van der Waals surface area (Å²) in [5.74, 6) is 0.667.